The van der Waals surface area contributed by atoms with Gasteiger partial charge in [0.05, 0.1) is 7.11 Å². The van der Waals surface area contributed by atoms with Crippen molar-refractivity contribution in [3.8, 4) is 0 Å². The zero-order chi connectivity index (χ0) is 14.4. The number of aryl methyl sites for hydroxylation is 1. The first kappa shape index (κ1) is 15.4. The summed E-state index contributed by atoms with van der Waals surface area (Å²) in [4.78, 5) is 22.8. The molecule has 1 atom stereocenters. The molecule has 6 heteroatoms. The Labute approximate surface area is 115 Å². The van der Waals surface area contributed by atoms with Gasteiger partial charge in [0.2, 0.25) is 5.91 Å². The van der Waals surface area contributed by atoms with Crippen LogP contribution in [-0.4, -0.2) is 30.9 Å². The van der Waals surface area contributed by atoms with Crippen LogP contribution in [0.15, 0.2) is 18.2 Å². The monoisotopic (exact) mass is 287 g/mol. The lowest BCUT2D eigenvalue weighted by Gasteiger charge is -2.16. The normalized spacial score (nSPS) is 11.8. The molecule has 0 aliphatic heterocycles. The minimum absolute atomic E-state index is 0.145. The van der Waals surface area contributed by atoms with Gasteiger partial charge in [0.25, 0.3) is 0 Å². The fourth-order valence-corrected chi connectivity index (χ4v) is 1.64. The third-order valence-electron chi connectivity index (χ3n) is 2.62. The number of carbonyl (C=O) groups excluding carboxylic acids is 2. The lowest BCUT2D eigenvalue weighted by atomic mass is 10.0. The topological polar surface area (TPSA) is 55.4 Å². The molecule has 0 saturated carbocycles. The quantitative estimate of drug-likeness (QED) is 0.661. The van der Waals surface area contributed by atoms with Crippen LogP contribution < -0.4 is 5.32 Å². The van der Waals surface area contributed by atoms with Gasteiger partial charge in [-0.3, -0.25) is 4.79 Å². The number of rotatable bonds is 5. The summed E-state index contributed by atoms with van der Waals surface area (Å²) in [5, 5.41) is 2.43. The van der Waals surface area contributed by atoms with Crippen LogP contribution in [0.4, 0.5) is 4.39 Å². The molecule has 0 unspecified atom stereocenters. The van der Waals surface area contributed by atoms with Crippen molar-refractivity contribution >= 4 is 23.5 Å². The Kier molecular flexibility index (Phi) is 5.76. The number of carbonyl (C=O) groups is 2. The van der Waals surface area contributed by atoms with Crippen molar-refractivity contribution in [2.75, 3.05) is 13.0 Å². The first-order valence-corrected chi connectivity index (χ1v) is 6.19. The Hall–Kier alpha value is -1.62. The Morgan fingerprint density at radius 1 is 1.47 bits per heavy atom. The molecule has 0 fully saturated rings. The molecule has 104 valence electrons. The lowest BCUT2D eigenvalue weighted by Crippen LogP contribution is -2.43. The number of methoxy groups -OCH3 is 1. The smallest absolute Gasteiger partial charge is 0.328 e. The van der Waals surface area contributed by atoms with E-state index in [-0.39, 0.29) is 18.1 Å². The molecule has 0 radical (unpaired) electrons. The van der Waals surface area contributed by atoms with Crippen molar-refractivity contribution in [3.63, 3.8) is 0 Å². The molecule has 1 rings (SSSR count). The molecular formula is C13H15ClFNO3. The van der Waals surface area contributed by atoms with Gasteiger partial charge in [-0.2, -0.15) is 0 Å². The Balaban J connectivity index is 2.84. The van der Waals surface area contributed by atoms with E-state index >= 15 is 0 Å². The van der Waals surface area contributed by atoms with E-state index in [1.807, 2.05) is 0 Å². The van der Waals surface area contributed by atoms with Gasteiger partial charge in [0, 0.05) is 6.42 Å². The summed E-state index contributed by atoms with van der Waals surface area (Å²) in [5.41, 5.74) is 1.11. The van der Waals surface area contributed by atoms with E-state index in [0.717, 1.165) is 0 Å². The van der Waals surface area contributed by atoms with Gasteiger partial charge in [-0.05, 0) is 24.1 Å². The Morgan fingerprint density at radius 3 is 2.68 bits per heavy atom. The molecule has 0 saturated heterocycles. The van der Waals surface area contributed by atoms with Gasteiger partial charge in [0.15, 0.2) is 0 Å². The van der Waals surface area contributed by atoms with E-state index in [4.69, 9.17) is 11.6 Å². The zero-order valence-corrected chi connectivity index (χ0v) is 11.5. The SMILES string of the molecule is COC(=O)[C@@H](Cc1ccc(C)c(F)c1)NC(=O)CCl. The molecule has 0 aliphatic rings. The Bertz CT molecular complexity index is 479. The summed E-state index contributed by atoms with van der Waals surface area (Å²) in [5.74, 6) is -1.69. The number of esters is 1. The summed E-state index contributed by atoms with van der Waals surface area (Å²) in [6.07, 6.45) is 0.145. The average molecular weight is 288 g/mol. The van der Waals surface area contributed by atoms with Gasteiger partial charge < -0.3 is 10.1 Å². The van der Waals surface area contributed by atoms with E-state index in [1.165, 1.54) is 13.2 Å². The molecule has 1 amide bonds. The third kappa shape index (κ3) is 4.52. The molecule has 0 aromatic heterocycles. The molecule has 0 heterocycles. The van der Waals surface area contributed by atoms with Crippen molar-refractivity contribution in [2.24, 2.45) is 0 Å². The number of ether oxygens (including phenoxy) is 1. The van der Waals surface area contributed by atoms with Crippen LogP contribution >= 0.6 is 11.6 Å². The van der Waals surface area contributed by atoms with Gasteiger partial charge in [0.1, 0.15) is 17.7 Å². The van der Waals surface area contributed by atoms with Crippen molar-refractivity contribution in [1.82, 2.24) is 5.32 Å². The van der Waals surface area contributed by atoms with Crippen molar-refractivity contribution in [3.05, 3.63) is 35.1 Å². The molecule has 1 N–H and O–H groups in total. The van der Waals surface area contributed by atoms with Crippen LogP contribution in [0.3, 0.4) is 0 Å². The Morgan fingerprint density at radius 2 is 2.16 bits per heavy atom. The highest BCUT2D eigenvalue weighted by molar-refractivity contribution is 6.27. The third-order valence-corrected chi connectivity index (χ3v) is 2.86. The van der Waals surface area contributed by atoms with E-state index in [2.05, 4.69) is 10.1 Å². The summed E-state index contributed by atoms with van der Waals surface area (Å²) in [7, 11) is 1.22. The van der Waals surface area contributed by atoms with Crippen LogP contribution in [0.5, 0.6) is 0 Å². The molecule has 1 aromatic rings. The molecular weight excluding hydrogens is 273 g/mol. The highest BCUT2D eigenvalue weighted by Gasteiger charge is 2.21. The fourth-order valence-electron chi connectivity index (χ4n) is 1.57. The molecule has 0 bridgehead atoms. The molecule has 0 aliphatic carbocycles. The highest BCUT2D eigenvalue weighted by Crippen LogP contribution is 2.11. The van der Waals surface area contributed by atoms with Gasteiger partial charge in [-0.1, -0.05) is 12.1 Å². The fraction of sp³-hybridized carbons (Fsp3) is 0.385. The molecule has 4 nitrogen and oxygen atoms in total. The van der Waals surface area contributed by atoms with Crippen LogP contribution in [0, 0.1) is 12.7 Å². The maximum absolute atomic E-state index is 13.4. The van der Waals surface area contributed by atoms with Gasteiger partial charge in [-0.15, -0.1) is 11.6 Å². The minimum Gasteiger partial charge on any atom is -0.467 e. The van der Waals surface area contributed by atoms with E-state index in [9.17, 15) is 14.0 Å². The summed E-state index contributed by atoms with van der Waals surface area (Å²) < 4.78 is 18.0. The van der Waals surface area contributed by atoms with Crippen molar-refractivity contribution in [1.29, 1.82) is 0 Å². The lowest BCUT2D eigenvalue weighted by molar-refractivity contribution is -0.144. The summed E-state index contributed by atoms with van der Waals surface area (Å²) in [6, 6.07) is 3.76. The maximum Gasteiger partial charge on any atom is 0.328 e. The first-order valence-electron chi connectivity index (χ1n) is 5.66. The number of benzene rings is 1. The van der Waals surface area contributed by atoms with Crippen LogP contribution in [0.2, 0.25) is 0 Å². The second-order valence-electron chi connectivity index (χ2n) is 4.06. The molecule has 1 aromatic carbocycles. The number of amides is 1. The van der Waals surface area contributed by atoms with Crippen LogP contribution in [0.25, 0.3) is 0 Å². The number of alkyl halides is 1. The average Bonchev–Trinajstić information content (AvgIpc) is 2.41. The van der Waals surface area contributed by atoms with Gasteiger partial charge >= 0.3 is 5.97 Å². The highest BCUT2D eigenvalue weighted by atomic mass is 35.5. The van der Waals surface area contributed by atoms with E-state index < -0.39 is 17.9 Å². The molecule has 0 spiro atoms. The van der Waals surface area contributed by atoms with Gasteiger partial charge in [-0.25, -0.2) is 9.18 Å². The van der Waals surface area contributed by atoms with Crippen LogP contribution in [0.1, 0.15) is 11.1 Å². The van der Waals surface area contributed by atoms with E-state index in [1.54, 1.807) is 19.1 Å². The standard InChI is InChI=1S/C13H15ClFNO3/c1-8-3-4-9(5-10(8)15)6-11(13(18)19-2)16-12(17)7-14/h3-5,11H,6-7H2,1-2H3,(H,16,17)/t11-/m1/s1. The molecule has 19 heavy (non-hydrogen) atoms. The summed E-state index contributed by atoms with van der Waals surface area (Å²) in [6.45, 7) is 1.65. The number of hydrogen-bond acceptors (Lipinski definition) is 3. The van der Waals surface area contributed by atoms with Crippen molar-refractivity contribution in [2.45, 2.75) is 19.4 Å². The number of hydrogen-bond donors (Lipinski definition) is 1. The van der Waals surface area contributed by atoms with E-state index in [0.29, 0.717) is 11.1 Å². The minimum atomic E-state index is -0.877. The number of halogens is 2. The number of nitrogens with one attached hydrogen (secondary N) is 1. The predicted octanol–water partition coefficient (Wildman–Crippen LogP) is 1.57. The second kappa shape index (κ2) is 7.09. The zero-order valence-electron chi connectivity index (χ0n) is 10.7. The van der Waals surface area contributed by atoms with Crippen molar-refractivity contribution < 1.29 is 18.7 Å². The first-order chi connectivity index (χ1) is 8.97. The predicted molar refractivity (Wildman–Crippen MR) is 69.5 cm³/mol. The van der Waals surface area contributed by atoms with Crippen LogP contribution in [-0.2, 0) is 20.7 Å². The second-order valence-corrected chi connectivity index (χ2v) is 4.33. The summed E-state index contributed by atoms with van der Waals surface area (Å²) >= 11 is 5.37. The largest absolute Gasteiger partial charge is 0.467 e. The maximum atomic E-state index is 13.4.